The third-order valence-electron chi connectivity index (χ3n) is 6.91. The lowest BCUT2D eigenvalue weighted by Crippen LogP contribution is -2.49. The molecule has 0 spiro atoms. The number of rotatable bonds is 6. The molecule has 1 amide bonds. The normalized spacial score (nSPS) is 13.2. The number of aromatic nitrogens is 1. The van der Waals surface area contributed by atoms with Gasteiger partial charge in [0.1, 0.15) is 5.56 Å². The van der Waals surface area contributed by atoms with Gasteiger partial charge in [0.15, 0.2) is 0 Å². The highest BCUT2D eigenvalue weighted by Crippen LogP contribution is 2.33. The van der Waals surface area contributed by atoms with Gasteiger partial charge in [-0.2, -0.15) is 0 Å². The van der Waals surface area contributed by atoms with Crippen molar-refractivity contribution in [1.29, 1.82) is 0 Å². The maximum atomic E-state index is 14.0. The Labute approximate surface area is 253 Å². The summed E-state index contributed by atoms with van der Waals surface area (Å²) >= 11 is 18.6. The van der Waals surface area contributed by atoms with E-state index in [1.54, 1.807) is 52.8 Å². The second kappa shape index (κ2) is 13.0. The topological polar surface area (TPSA) is 71.8 Å². The van der Waals surface area contributed by atoms with Crippen LogP contribution < -0.4 is 10.5 Å². The van der Waals surface area contributed by atoms with Gasteiger partial charge in [-0.15, -0.1) is 0 Å². The summed E-state index contributed by atoms with van der Waals surface area (Å²) in [6.07, 6.45) is 0. The van der Waals surface area contributed by atoms with Gasteiger partial charge in [0.2, 0.25) is 0 Å². The lowest BCUT2D eigenvalue weighted by Gasteiger charge is -2.37. The van der Waals surface area contributed by atoms with Crippen molar-refractivity contribution in [2.24, 2.45) is 0 Å². The van der Waals surface area contributed by atoms with Crippen LogP contribution in [0.2, 0.25) is 15.1 Å². The molecule has 0 bridgehead atoms. The summed E-state index contributed by atoms with van der Waals surface area (Å²) in [4.78, 5) is 44.1. The van der Waals surface area contributed by atoms with Crippen LogP contribution in [0.5, 0.6) is 0 Å². The predicted molar refractivity (Wildman–Crippen MR) is 166 cm³/mol. The molecule has 0 atom stereocenters. The Morgan fingerprint density at radius 3 is 2.24 bits per heavy atom. The molecule has 1 aromatic heterocycles. The number of benzene rings is 3. The summed E-state index contributed by atoms with van der Waals surface area (Å²) in [5.41, 5.74) is 1.98. The third kappa shape index (κ3) is 6.22. The molecule has 1 saturated heterocycles. The van der Waals surface area contributed by atoms with Crippen molar-refractivity contribution < 1.29 is 14.3 Å². The van der Waals surface area contributed by atoms with E-state index in [9.17, 15) is 14.4 Å². The summed E-state index contributed by atoms with van der Waals surface area (Å²) < 4.78 is 6.95. The summed E-state index contributed by atoms with van der Waals surface area (Å²) in [7, 11) is 0. The van der Waals surface area contributed by atoms with Crippen molar-refractivity contribution in [3.05, 3.63) is 109 Å². The second-order valence-electron chi connectivity index (χ2n) is 9.39. The van der Waals surface area contributed by atoms with E-state index in [0.29, 0.717) is 63.4 Å². The minimum atomic E-state index is -0.694. The molecule has 3 aromatic carbocycles. The molecular formula is C31H30Cl3N3O4. The monoisotopic (exact) mass is 613 g/mol. The number of piperazine rings is 1. The largest absolute Gasteiger partial charge is 0.462 e. The van der Waals surface area contributed by atoms with Gasteiger partial charge in [0, 0.05) is 42.2 Å². The van der Waals surface area contributed by atoms with Crippen LogP contribution in [0, 0.1) is 0 Å². The molecule has 2 heterocycles. The molecule has 214 valence electrons. The van der Waals surface area contributed by atoms with E-state index in [4.69, 9.17) is 39.5 Å². The number of nitrogens with zero attached hydrogens (tertiary/aromatic N) is 3. The fourth-order valence-corrected chi connectivity index (χ4v) is 5.47. The van der Waals surface area contributed by atoms with Gasteiger partial charge in [-0.25, -0.2) is 4.79 Å². The van der Waals surface area contributed by atoms with Crippen LogP contribution >= 0.6 is 34.8 Å². The van der Waals surface area contributed by atoms with Gasteiger partial charge < -0.3 is 19.1 Å². The molecule has 0 aliphatic carbocycles. The van der Waals surface area contributed by atoms with E-state index in [2.05, 4.69) is 0 Å². The molecule has 0 unspecified atom stereocenters. The highest BCUT2D eigenvalue weighted by molar-refractivity contribution is 6.42. The summed E-state index contributed by atoms with van der Waals surface area (Å²) in [5, 5.41) is 1.82. The number of fused-ring (bicyclic) bond motifs is 1. The number of esters is 1. The number of hydrogen-bond donors (Lipinski definition) is 0. The quantitative estimate of drug-likeness (QED) is 0.224. The smallest absolute Gasteiger partial charge is 0.345 e. The van der Waals surface area contributed by atoms with E-state index < -0.39 is 11.5 Å². The van der Waals surface area contributed by atoms with E-state index >= 15 is 0 Å². The van der Waals surface area contributed by atoms with Gasteiger partial charge in [-0.1, -0.05) is 72.6 Å². The lowest BCUT2D eigenvalue weighted by atomic mass is 10.0. The van der Waals surface area contributed by atoms with Crippen molar-refractivity contribution in [3.8, 4) is 0 Å². The SMILES string of the molecule is C.CCOC(=O)c1c(N2CCN(C(=O)c3ccc(Cl)c(Cl)c3)CC2)c2cc(Cl)ccc2n(Cc2ccccc2)c1=O. The first-order valence-corrected chi connectivity index (χ1v) is 14.0. The first-order chi connectivity index (χ1) is 19.3. The Hall–Kier alpha value is -3.52. The first-order valence-electron chi connectivity index (χ1n) is 12.8. The molecule has 0 N–H and O–H groups in total. The van der Waals surface area contributed by atoms with Crippen LogP contribution in [-0.2, 0) is 11.3 Å². The number of anilines is 1. The van der Waals surface area contributed by atoms with E-state index in [-0.39, 0.29) is 32.0 Å². The van der Waals surface area contributed by atoms with Gasteiger partial charge in [0.05, 0.1) is 34.4 Å². The second-order valence-corrected chi connectivity index (χ2v) is 10.6. The number of ether oxygens (including phenoxy) is 1. The molecule has 4 aromatic rings. The Bertz CT molecular complexity index is 1650. The summed E-state index contributed by atoms with van der Waals surface area (Å²) in [6, 6.07) is 19.6. The Kier molecular flexibility index (Phi) is 9.64. The number of carbonyl (C=O) groups excluding carboxylic acids is 2. The average molecular weight is 615 g/mol. The number of amides is 1. The van der Waals surface area contributed by atoms with Crippen molar-refractivity contribution in [2.45, 2.75) is 20.9 Å². The fourth-order valence-electron chi connectivity index (χ4n) is 5.00. The van der Waals surface area contributed by atoms with Gasteiger partial charge in [-0.3, -0.25) is 9.59 Å². The molecule has 41 heavy (non-hydrogen) atoms. The Morgan fingerprint density at radius 2 is 1.59 bits per heavy atom. The third-order valence-corrected chi connectivity index (χ3v) is 7.89. The van der Waals surface area contributed by atoms with Crippen molar-refractivity contribution in [3.63, 3.8) is 0 Å². The molecule has 10 heteroatoms. The maximum absolute atomic E-state index is 14.0. The van der Waals surface area contributed by atoms with Crippen LogP contribution in [0.1, 0.15) is 40.6 Å². The zero-order valence-corrected chi connectivity index (χ0v) is 24.0. The fraction of sp³-hybridized carbons (Fsp3) is 0.258. The number of halogens is 3. The van der Waals surface area contributed by atoms with Crippen LogP contribution in [0.3, 0.4) is 0 Å². The highest BCUT2D eigenvalue weighted by atomic mass is 35.5. The van der Waals surface area contributed by atoms with E-state index in [0.717, 1.165) is 5.56 Å². The number of carbonyl (C=O) groups is 2. The van der Waals surface area contributed by atoms with Gasteiger partial charge in [-0.05, 0) is 48.9 Å². The first kappa shape index (κ1) is 30.4. The molecule has 1 fully saturated rings. The standard InChI is InChI=1S/C30H26Cl3N3O4.CH4/c1-2-40-30(39)26-27(34-12-14-35(15-13-34)28(37)20-8-10-23(32)24(33)16-20)22-17-21(31)9-11-25(22)36(29(26)38)18-19-6-4-3-5-7-19;/h3-11,16-17H,2,12-15,18H2,1H3;1H4. The predicted octanol–water partition coefficient (Wildman–Crippen LogP) is 6.79. The van der Waals surface area contributed by atoms with Crippen LogP contribution in [0.4, 0.5) is 5.69 Å². The van der Waals surface area contributed by atoms with Crippen LogP contribution in [0.15, 0.2) is 71.5 Å². The van der Waals surface area contributed by atoms with Crippen molar-refractivity contribution in [1.82, 2.24) is 9.47 Å². The zero-order chi connectivity index (χ0) is 28.4. The minimum absolute atomic E-state index is 0. The molecule has 7 nitrogen and oxygen atoms in total. The molecule has 0 radical (unpaired) electrons. The summed E-state index contributed by atoms with van der Waals surface area (Å²) in [5.74, 6) is -0.865. The minimum Gasteiger partial charge on any atom is -0.462 e. The van der Waals surface area contributed by atoms with Gasteiger partial charge >= 0.3 is 5.97 Å². The number of hydrogen-bond acceptors (Lipinski definition) is 5. The van der Waals surface area contributed by atoms with Crippen molar-refractivity contribution in [2.75, 3.05) is 37.7 Å². The average Bonchev–Trinajstić information content (AvgIpc) is 2.96. The molecule has 0 saturated carbocycles. The van der Waals surface area contributed by atoms with Gasteiger partial charge in [0.25, 0.3) is 11.5 Å². The summed E-state index contributed by atoms with van der Waals surface area (Å²) in [6.45, 7) is 3.62. The van der Waals surface area contributed by atoms with Crippen LogP contribution in [0.25, 0.3) is 10.9 Å². The maximum Gasteiger partial charge on any atom is 0.345 e. The van der Waals surface area contributed by atoms with Crippen LogP contribution in [-0.4, -0.2) is 54.1 Å². The van der Waals surface area contributed by atoms with E-state index in [1.807, 2.05) is 35.2 Å². The Balaban J connectivity index is 0.00000387. The molecule has 1 aliphatic rings. The number of pyridine rings is 1. The van der Waals surface area contributed by atoms with Crippen molar-refractivity contribution >= 4 is 63.3 Å². The Morgan fingerprint density at radius 1 is 0.878 bits per heavy atom. The van der Waals surface area contributed by atoms with E-state index in [1.165, 1.54) is 0 Å². The zero-order valence-electron chi connectivity index (χ0n) is 21.7. The lowest BCUT2D eigenvalue weighted by molar-refractivity contribution is 0.0523. The molecule has 1 aliphatic heterocycles. The highest BCUT2D eigenvalue weighted by Gasteiger charge is 2.30. The molecule has 5 rings (SSSR count). The molecular weight excluding hydrogens is 585 g/mol.